The molecular formula is C12H18OS. The van der Waals surface area contributed by atoms with Gasteiger partial charge >= 0.3 is 0 Å². The molecule has 0 spiro atoms. The van der Waals surface area contributed by atoms with E-state index in [-0.39, 0.29) is 6.10 Å². The van der Waals surface area contributed by atoms with E-state index in [9.17, 15) is 5.11 Å². The minimum Gasteiger partial charge on any atom is -0.387 e. The molecule has 1 heterocycles. The summed E-state index contributed by atoms with van der Waals surface area (Å²) in [5.74, 6) is 1.21. The molecule has 0 aromatic carbocycles. The molecule has 0 saturated heterocycles. The Morgan fingerprint density at radius 3 is 2.50 bits per heavy atom. The first kappa shape index (κ1) is 10.2. The summed E-state index contributed by atoms with van der Waals surface area (Å²) in [4.78, 5) is 2.49. The zero-order valence-corrected chi connectivity index (χ0v) is 9.90. The van der Waals surface area contributed by atoms with Crippen LogP contribution in [0.25, 0.3) is 0 Å². The monoisotopic (exact) mass is 210 g/mol. The molecule has 1 aromatic heterocycles. The first-order chi connectivity index (χ1) is 6.59. The highest BCUT2D eigenvalue weighted by Crippen LogP contribution is 2.44. The van der Waals surface area contributed by atoms with E-state index in [1.165, 1.54) is 28.2 Å². The molecule has 78 valence electrons. The lowest BCUT2D eigenvalue weighted by molar-refractivity contribution is 0.109. The lowest BCUT2D eigenvalue weighted by Gasteiger charge is -2.17. The van der Waals surface area contributed by atoms with Gasteiger partial charge in [-0.25, -0.2) is 0 Å². The number of aryl methyl sites for hydroxylation is 2. The maximum Gasteiger partial charge on any atom is 0.0912 e. The standard InChI is InChI=1S/C12H18OS/c1-7-6-8(2)14-12(7)11(13)9(3)10-4-5-10/h6,9-11,13H,4-5H2,1-3H3. The molecule has 1 nitrogen and oxygen atoms in total. The average molecular weight is 210 g/mol. The first-order valence-electron chi connectivity index (χ1n) is 5.34. The maximum atomic E-state index is 10.2. The number of aliphatic hydroxyl groups is 1. The highest BCUT2D eigenvalue weighted by Gasteiger charge is 2.34. The van der Waals surface area contributed by atoms with E-state index < -0.39 is 0 Å². The van der Waals surface area contributed by atoms with Crippen molar-refractivity contribution >= 4 is 11.3 Å². The van der Waals surface area contributed by atoms with E-state index in [1.54, 1.807) is 11.3 Å². The Morgan fingerprint density at radius 2 is 2.07 bits per heavy atom. The largest absolute Gasteiger partial charge is 0.387 e. The second kappa shape index (κ2) is 3.67. The van der Waals surface area contributed by atoms with Gasteiger partial charge in [0, 0.05) is 9.75 Å². The van der Waals surface area contributed by atoms with Crippen molar-refractivity contribution in [1.29, 1.82) is 0 Å². The minimum absolute atomic E-state index is 0.235. The fourth-order valence-electron chi connectivity index (χ4n) is 2.07. The molecule has 0 amide bonds. The molecule has 1 fully saturated rings. The van der Waals surface area contributed by atoms with E-state index >= 15 is 0 Å². The predicted molar refractivity (Wildman–Crippen MR) is 60.6 cm³/mol. The van der Waals surface area contributed by atoms with Crippen molar-refractivity contribution in [3.8, 4) is 0 Å². The lowest BCUT2D eigenvalue weighted by atomic mass is 9.96. The third kappa shape index (κ3) is 1.86. The van der Waals surface area contributed by atoms with Gasteiger partial charge in [0.1, 0.15) is 0 Å². The van der Waals surface area contributed by atoms with E-state index in [0.717, 1.165) is 5.92 Å². The second-order valence-electron chi connectivity index (χ2n) is 4.55. The number of rotatable bonds is 3. The Morgan fingerprint density at radius 1 is 1.43 bits per heavy atom. The Labute approximate surface area is 89.8 Å². The van der Waals surface area contributed by atoms with Crippen molar-refractivity contribution in [2.24, 2.45) is 11.8 Å². The summed E-state index contributed by atoms with van der Waals surface area (Å²) in [5, 5.41) is 10.2. The fourth-order valence-corrected chi connectivity index (χ4v) is 3.21. The van der Waals surface area contributed by atoms with Gasteiger partial charge in [-0.3, -0.25) is 0 Å². The molecule has 2 heteroatoms. The molecule has 1 aliphatic rings. The Bertz CT molecular complexity index is 325. The van der Waals surface area contributed by atoms with Crippen LogP contribution < -0.4 is 0 Å². The highest BCUT2D eigenvalue weighted by molar-refractivity contribution is 7.12. The van der Waals surface area contributed by atoms with Gasteiger partial charge in [0.05, 0.1) is 6.10 Å². The van der Waals surface area contributed by atoms with Crippen molar-refractivity contribution < 1.29 is 5.11 Å². The number of hydrogen-bond donors (Lipinski definition) is 1. The first-order valence-corrected chi connectivity index (χ1v) is 6.16. The van der Waals surface area contributed by atoms with Gasteiger partial charge in [-0.1, -0.05) is 6.92 Å². The van der Waals surface area contributed by atoms with Crippen LogP contribution in [0.3, 0.4) is 0 Å². The van der Waals surface area contributed by atoms with E-state index in [2.05, 4.69) is 26.8 Å². The SMILES string of the molecule is Cc1cc(C)c(C(O)C(C)C2CC2)s1. The van der Waals surface area contributed by atoms with E-state index in [0.29, 0.717) is 5.92 Å². The molecule has 0 bridgehead atoms. The summed E-state index contributed by atoms with van der Waals surface area (Å²) in [6.45, 7) is 6.38. The van der Waals surface area contributed by atoms with Crippen LogP contribution >= 0.6 is 11.3 Å². The summed E-state index contributed by atoms with van der Waals surface area (Å²) in [5.41, 5.74) is 1.26. The molecule has 2 unspecified atom stereocenters. The summed E-state index contributed by atoms with van der Waals surface area (Å²) in [6, 6.07) is 2.17. The summed E-state index contributed by atoms with van der Waals surface area (Å²) < 4.78 is 0. The Kier molecular flexibility index (Phi) is 2.67. The van der Waals surface area contributed by atoms with Crippen LogP contribution in [0.1, 0.15) is 41.2 Å². The van der Waals surface area contributed by atoms with Crippen molar-refractivity contribution in [2.45, 2.75) is 39.7 Å². The van der Waals surface area contributed by atoms with Gasteiger partial charge in [-0.05, 0) is 50.2 Å². The van der Waals surface area contributed by atoms with Crippen LogP contribution in [0.4, 0.5) is 0 Å². The molecule has 0 radical (unpaired) electrons. The molecule has 1 aromatic rings. The maximum absolute atomic E-state index is 10.2. The molecule has 1 aliphatic carbocycles. The number of hydrogen-bond acceptors (Lipinski definition) is 2. The van der Waals surface area contributed by atoms with Crippen molar-refractivity contribution in [3.63, 3.8) is 0 Å². The molecule has 0 aliphatic heterocycles. The van der Waals surface area contributed by atoms with Gasteiger partial charge in [-0.15, -0.1) is 11.3 Å². The topological polar surface area (TPSA) is 20.2 Å². The number of thiophene rings is 1. The third-order valence-electron chi connectivity index (χ3n) is 3.21. The minimum atomic E-state index is -0.235. The van der Waals surface area contributed by atoms with Gasteiger partial charge in [0.2, 0.25) is 0 Å². The van der Waals surface area contributed by atoms with Gasteiger partial charge in [-0.2, -0.15) is 0 Å². The smallest absolute Gasteiger partial charge is 0.0912 e. The van der Waals surface area contributed by atoms with Crippen molar-refractivity contribution in [3.05, 3.63) is 21.4 Å². The Balaban J connectivity index is 2.16. The predicted octanol–water partition coefficient (Wildman–Crippen LogP) is 3.44. The van der Waals surface area contributed by atoms with Crippen LogP contribution in [-0.4, -0.2) is 5.11 Å². The molecule has 1 N–H and O–H groups in total. The third-order valence-corrected chi connectivity index (χ3v) is 4.43. The normalized spacial score (nSPS) is 20.9. The lowest BCUT2D eigenvalue weighted by Crippen LogP contribution is -2.10. The molecule has 2 atom stereocenters. The van der Waals surface area contributed by atoms with Gasteiger partial charge in [0.15, 0.2) is 0 Å². The summed E-state index contributed by atoms with van der Waals surface area (Å²) in [7, 11) is 0. The fraction of sp³-hybridized carbons (Fsp3) is 0.667. The highest BCUT2D eigenvalue weighted by atomic mass is 32.1. The van der Waals surface area contributed by atoms with Crippen LogP contribution in [-0.2, 0) is 0 Å². The van der Waals surface area contributed by atoms with Crippen LogP contribution in [0.15, 0.2) is 6.07 Å². The Hall–Kier alpha value is -0.340. The van der Waals surface area contributed by atoms with Crippen LogP contribution in [0.2, 0.25) is 0 Å². The van der Waals surface area contributed by atoms with Gasteiger partial charge in [0.25, 0.3) is 0 Å². The van der Waals surface area contributed by atoms with E-state index in [4.69, 9.17) is 0 Å². The zero-order valence-electron chi connectivity index (χ0n) is 9.08. The summed E-state index contributed by atoms with van der Waals surface area (Å²) >= 11 is 1.75. The van der Waals surface area contributed by atoms with Crippen molar-refractivity contribution in [2.75, 3.05) is 0 Å². The van der Waals surface area contributed by atoms with Gasteiger partial charge < -0.3 is 5.11 Å². The zero-order chi connectivity index (χ0) is 10.3. The van der Waals surface area contributed by atoms with Crippen molar-refractivity contribution in [1.82, 2.24) is 0 Å². The molecule has 1 saturated carbocycles. The van der Waals surface area contributed by atoms with E-state index in [1.807, 2.05) is 0 Å². The van der Waals surface area contributed by atoms with Crippen LogP contribution in [0, 0.1) is 25.7 Å². The average Bonchev–Trinajstić information content (AvgIpc) is 2.90. The molecule has 2 rings (SSSR count). The quantitative estimate of drug-likeness (QED) is 0.810. The number of aliphatic hydroxyl groups excluding tert-OH is 1. The molecular weight excluding hydrogens is 192 g/mol. The van der Waals surface area contributed by atoms with Crippen LogP contribution in [0.5, 0.6) is 0 Å². The summed E-state index contributed by atoms with van der Waals surface area (Å²) in [6.07, 6.45) is 2.38. The second-order valence-corrected chi connectivity index (χ2v) is 5.83. The molecule has 14 heavy (non-hydrogen) atoms.